The third-order valence-corrected chi connectivity index (χ3v) is 5.22. The molecule has 0 saturated heterocycles. The van der Waals surface area contributed by atoms with Gasteiger partial charge in [-0.25, -0.2) is 0 Å². The molecule has 25 heavy (non-hydrogen) atoms. The van der Waals surface area contributed by atoms with Crippen LogP contribution in [-0.2, 0) is 19.1 Å². The molecule has 1 aliphatic rings. The summed E-state index contributed by atoms with van der Waals surface area (Å²) in [5.41, 5.74) is 4.22. The van der Waals surface area contributed by atoms with Crippen molar-refractivity contribution in [1.29, 1.82) is 0 Å². The van der Waals surface area contributed by atoms with Gasteiger partial charge in [0.2, 0.25) is 0 Å². The van der Waals surface area contributed by atoms with Crippen LogP contribution in [0.1, 0.15) is 61.0 Å². The largest absolute Gasteiger partial charge is 0.466 e. The highest BCUT2D eigenvalue weighted by Crippen LogP contribution is 2.37. The van der Waals surface area contributed by atoms with Gasteiger partial charge in [-0.2, -0.15) is 0 Å². The van der Waals surface area contributed by atoms with Gasteiger partial charge in [0, 0.05) is 13.0 Å². The molecule has 2 rings (SSSR count). The fourth-order valence-corrected chi connectivity index (χ4v) is 4.18. The summed E-state index contributed by atoms with van der Waals surface area (Å²) >= 11 is 0. The van der Waals surface area contributed by atoms with Crippen LogP contribution in [0.3, 0.4) is 0 Å². The van der Waals surface area contributed by atoms with E-state index < -0.39 is 6.10 Å². The van der Waals surface area contributed by atoms with Crippen LogP contribution >= 0.6 is 0 Å². The Morgan fingerprint density at radius 2 is 1.64 bits per heavy atom. The monoisotopic (exact) mass is 346 g/mol. The number of hydrogen-bond acceptors (Lipinski definition) is 4. The summed E-state index contributed by atoms with van der Waals surface area (Å²) in [6, 6.07) is 4.15. The minimum Gasteiger partial charge on any atom is -0.466 e. The van der Waals surface area contributed by atoms with Crippen molar-refractivity contribution in [2.45, 2.75) is 59.5 Å². The van der Waals surface area contributed by atoms with Crippen LogP contribution in [0.4, 0.5) is 0 Å². The molecule has 0 radical (unpaired) electrons. The lowest BCUT2D eigenvalue weighted by Gasteiger charge is -2.32. The molecule has 0 aromatic heterocycles. The number of esters is 1. The minimum atomic E-state index is -0.624. The summed E-state index contributed by atoms with van der Waals surface area (Å²) in [6.45, 7) is 8.22. The molecule has 0 amide bonds. The maximum atomic E-state index is 13.3. The van der Waals surface area contributed by atoms with E-state index in [1.807, 2.05) is 20.8 Å². The quantitative estimate of drug-likeness (QED) is 0.723. The second-order valence-corrected chi connectivity index (χ2v) is 7.08. The van der Waals surface area contributed by atoms with Crippen LogP contribution in [0.5, 0.6) is 0 Å². The minimum absolute atomic E-state index is 0.00954. The third-order valence-electron chi connectivity index (χ3n) is 5.22. The second kappa shape index (κ2) is 8.61. The molecule has 1 aromatic rings. The lowest BCUT2D eigenvalue weighted by Crippen LogP contribution is -2.37. The van der Waals surface area contributed by atoms with Crippen molar-refractivity contribution in [3.63, 3.8) is 0 Å². The van der Waals surface area contributed by atoms with Gasteiger partial charge in [-0.05, 0) is 57.2 Å². The van der Waals surface area contributed by atoms with Gasteiger partial charge in [0.15, 0.2) is 5.78 Å². The molecule has 1 aromatic carbocycles. The van der Waals surface area contributed by atoms with Crippen molar-refractivity contribution in [3.8, 4) is 0 Å². The van der Waals surface area contributed by atoms with Gasteiger partial charge in [-0.15, -0.1) is 0 Å². The van der Waals surface area contributed by atoms with E-state index in [0.29, 0.717) is 6.61 Å². The first-order valence-corrected chi connectivity index (χ1v) is 9.21. The average Bonchev–Trinajstić information content (AvgIpc) is 2.57. The topological polar surface area (TPSA) is 52.6 Å². The first kappa shape index (κ1) is 19.6. The van der Waals surface area contributed by atoms with Gasteiger partial charge in [-0.3, -0.25) is 9.59 Å². The van der Waals surface area contributed by atoms with E-state index in [9.17, 15) is 9.59 Å². The Balaban J connectivity index is 2.33. The Morgan fingerprint density at radius 3 is 2.16 bits per heavy atom. The van der Waals surface area contributed by atoms with Crippen molar-refractivity contribution in [2.24, 2.45) is 11.8 Å². The Hall–Kier alpha value is -1.68. The van der Waals surface area contributed by atoms with Crippen LogP contribution in [0, 0.1) is 32.6 Å². The fourth-order valence-electron chi connectivity index (χ4n) is 4.18. The molecule has 0 bridgehead atoms. The van der Waals surface area contributed by atoms with Crippen molar-refractivity contribution in [2.75, 3.05) is 13.7 Å². The van der Waals surface area contributed by atoms with E-state index in [0.717, 1.165) is 42.4 Å². The lowest BCUT2D eigenvalue weighted by atomic mass is 9.74. The molecule has 0 heterocycles. The lowest BCUT2D eigenvalue weighted by molar-refractivity contribution is -0.156. The highest BCUT2D eigenvalue weighted by atomic mass is 16.5. The standard InChI is InChI=1S/C21H30O4/c1-6-25-21(23)17-10-8-7-9-16(17)19(22)20(24-5)18-14(3)11-13(2)12-15(18)4/h11-12,16-17,20H,6-10H2,1-5H3. The molecule has 1 aliphatic carbocycles. The molecule has 0 spiro atoms. The summed E-state index contributed by atoms with van der Waals surface area (Å²) in [5.74, 6) is -0.897. The van der Waals surface area contributed by atoms with Crippen LogP contribution in [0.2, 0.25) is 0 Å². The molecule has 4 heteroatoms. The number of methoxy groups -OCH3 is 1. The maximum absolute atomic E-state index is 13.3. The van der Waals surface area contributed by atoms with E-state index in [1.54, 1.807) is 14.0 Å². The second-order valence-electron chi connectivity index (χ2n) is 7.08. The number of aryl methyl sites for hydroxylation is 3. The Bertz CT molecular complexity index is 612. The number of benzene rings is 1. The molecule has 3 atom stereocenters. The SMILES string of the molecule is CCOC(=O)C1CCCCC1C(=O)C(OC)c1c(C)cc(C)cc1C. The van der Waals surface area contributed by atoms with E-state index in [1.165, 1.54) is 5.56 Å². The molecule has 1 saturated carbocycles. The van der Waals surface area contributed by atoms with Gasteiger partial charge in [0.1, 0.15) is 6.10 Å². The average molecular weight is 346 g/mol. The number of hydrogen-bond donors (Lipinski definition) is 0. The van der Waals surface area contributed by atoms with E-state index in [4.69, 9.17) is 9.47 Å². The molecule has 0 N–H and O–H groups in total. The summed E-state index contributed by atoms with van der Waals surface area (Å²) in [4.78, 5) is 25.6. The molecular formula is C21H30O4. The molecule has 0 aliphatic heterocycles. The van der Waals surface area contributed by atoms with Crippen LogP contribution in [0.15, 0.2) is 12.1 Å². The van der Waals surface area contributed by atoms with Crippen LogP contribution in [0.25, 0.3) is 0 Å². The molecule has 138 valence electrons. The fraction of sp³-hybridized carbons (Fsp3) is 0.619. The Labute approximate surface area is 150 Å². The number of carbonyl (C=O) groups excluding carboxylic acids is 2. The van der Waals surface area contributed by atoms with Crippen LogP contribution < -0.4 is 0 Å². The Kier molecular flexibility index (Phi) is 6.77. The smallest absolute Gasteiger partial charge is 0.309 e. The van der Waals surface area contributed by atoms with Crippen molar-refractivity contribution in [1.82, 2.24) is 0 Å². The van der Waals surface area contributed by atoms with Crippen molar-refractivity contribution >= 4 is 11.8 Å². The maximum Gasteiger partial charge on any atom is 0.309 e. The number of ether oxygens (including phenoxy) is 2. The first-order valence-electron chi connectivity index (χ1n) is 9.21. The highest BCUT2D eigenvalue weighted by Gasteiger charge is 2.40. The van der Waals surface area contributed by atoms with Crippen molar-refractivity contribution < 1.29 is 19.1 Å². The summed E-state index contributed by atoms with van der Waals surface area (Å²) in [5, 5.41) is 0. The van der Waals surface area contributed by atoms with Gasteiger partial charge >= 0.3 is 5.97 Å². The zero-order valence-electron chi connectivity index (χ0n) is 16.1. The predicted octanol–water partition coefficient (Wildman–Crippen LogP) is 4.24. The number of Topliss-reactive ketones (excluding diaryl/α,β-unsaturated/α-hetero) is 1. The molecule has 3 unspecified atom stereocenters. The Morgan fingerprint density at radius 1 is 1.08 bits per heavy atom. The molecule has 4 nitrogen and oxygen atoms in total. The molecule has 1 fully saturated rings. The normalized spacial score (nSPS) is 21.6. The summed E-state index contributed by atoms with van der Waals surface area (Å²) in [6.07, 6.45) is 2.76. The van der Waals surface area contributed by atoms with E-state index in [2.05, 4.69) is 12.1 Å². The predicted molar refractivity (Wildman–Crippen MR) is 97.5 cm³/mol. The van der Waals surface area contributed by atoms with Gasteiger partial charge in [0.05, 0.1) is 12.5 Å². The van der Waals surface area contributed by atoms with Crippen LogP contribution in [-0.4, -0.2) is 25.5 Å². The summed E-state index contributed by atoms with van der Waals surface area (Å²) < 4.78 is 10.9. The number of carbonyl (C=O) groups is 2. The van der Waals surface area contributed by atoms with Crippen molar-refractivity contribution in [3.05, 3.63) is 34.4 Å². The highest BCUT2D eigenvalue weighted by molar-refractivity contribution is 5.91. The van der Waals surface area contributed by atoms with E-state index in [-0.39, 0.29) is 23.6 Å². The number of rotatable bonds is 6. The van der Waals surface area contributed by atoms with E-state index >= 15 is 0 Å². The van der Waals surface area contributed by atoms with Gasteiger partial charge in [-0.1, -0.05) is 30.5 Å². The van der Waals surface area contributed by atoms with Gasteiger partial charge in [0.25, 0.3) is 0 Å². The molecular weight excluding hydrogens is 316 g/mol. The number of ketones is 1. The first-order chi connectivity index (χ1) is 11.9. The zero-order chi connectivity index (χ0) is 18.6. The third kappa shape index (κ3) is 4.30. The zero-order valence-corrected chi connectivity index (χ0v) is 16.1. The summed E-state index contributed by atoms with van der Waals surface area (Å²) in [7, 11) is 1.57. The van der Waals surface area contributed by atoms with Gasteiger partial charge < -0.3 is 9.47 Å².